The van der Waals surface area contributed by atoms with Gasteiger partial charge in [-0.25, -0.2) is 10.1 Å². The van der Waals surface area contributed by atoms with Gasteiger partial charge in [0.1, 0.15) is 0 Å². The summed E-state index contributed by atoms with van der Waals surface area (Å²) in [5.41, 5.74) is 9.61. The van der Waals surface area contributed by atoms with Crippen LogP contribution in [-0.4, -0.2) is 55.4 Å². The third kappa shape index (κ3) is 5.32. The van der Waals surface area contributed by atoms with Crippen molar-refractivity contribution in [2.45, 2.75) is 44.7 Å². The molecule has 4 rings (SSSR count). The van der Waals surface area contributed by atoms with Crippen molar-refractivity contribution < 1.29 is 9.42 Å². The largest absolute Gasteiger partial charge is 0.378 e. The zero-order chi connectivity index (χ0) is 23.4. The highest BCUT2D eigenvalue weighted by Gasteiger charge is 2.27. The number of carbonyl (C=O) groups is 1. The van der Waals surface area contributed by atoms with Crippen LogP contribution in [0, 0.1) is 0 Å². The Labute approximate surface area is 199 Å². The van der Waals surface area contributed by atoms with Crippen LogP contribution in [-0.2, 0) is 6.54 Å². The number of nitrogen functional groups attached to an aromatic ring is 1. The van der Waals surface area contributed by atoms with Crippen molar-refractivity contribution in [3.8, 4) is 5.82 Å². The summed E-state index contributed by atoms with van der Waals surface area (Å²) in [6.07, 6.45) is 7.27. The summed E-state index contributed by atoms with van der Waals surface area (Å²) < 4.78 is 6.08. The van der Waals surface area contributed by atoms with E-state index < -0.39 is 5.91 Å². The minimum atomic E-state index is -0.528. The second-order valence-corrected chi connectivity index (χ2v) is 8.66. The molecule has 33 heavy (non-hydrogen) atoms. The van der Waals surface area contributed by atoms with Crippen molar-refractivity contribution >= 4 is 41.1 Å². The molecule has 2 heterocycles. The average Bonchev–Trinajstić information content (AvgIpc) is 3.42. The maximum absolute atomic E-state index is 12.9. The van der Waals surface area contributed by atoms with Crippen LogP contribution in [0.1, 0.15) is 53.8 Å². The molecule has 3 aromatic rings. The number of carbonyl (C=O) groups excluding carboxylic acids is 1. The molecule has 1 aliphatic rings. The number of nitrogens with one attached hydrogen (secondary N) is 1. The van der Waals surface area contributed by atoms with Crippen LogP contribution in [0.3, 0.4) is 0 Å². The lowest BCUT2D eigenvalue weighted by molar-refractivity contribution is 0.0947. The van der Waals surface area contributed by atoms with Crippen LogP contribution in [0.15, 0.2) is 27.9 Å². The third-order valence-corrected chi connectivity index (χ3v) is 6.33. The predicted molar refractivity (Wildman–Crippen MR) is 123 cm³/mol. The number of aromatic nitrogens is 5. The van der Waals surface area contributed by atoms with E-state index >= 15 is 0 Å². The molecule has 0 radical (unpaired) electrons. The molecule has 1 fully saturated rings. The first kappa shape index (κ1) is 23.1. The quantitative estimate of drug-likeness (QED) is 0.379. The van der Waals surface area contributed by atoms with E-state index in [-0.39, 0.29) is 17.3 Å². The van der Waals surface area contributed by atoms with Crippen molar-refractivity contribution in [1.82, 2.24) is 35.6 Å². The Morgan fingerprint density at radius 3 is 2.79 bits per heavy atom. The highest BCUT2D eigenvalue weighted by molar-refractivity contribution is 6.42. The number of rotatable bonds is 7. The van der Waals surface area contributed by atoms with E-state index in [4.69, 9.17) is 33.6 Å². The Balaban J connectivity index is 1.56. The van der Waals surface area contributed by atoms with Gasteiger partial charge in [-0.15, -0.1) is 5.10 Å². The van der Waals surface area contributed by atoms with Gasteiger partial charge in [0.25, 0.3) is 5.91 Å². The molecule has 1 aliphatic carbocycles. The van der Waals surface area contributed by atoms with Gasteiger partial charge in [0.05, 0.1) is 22.0 Å². The lowest BCUT2D eigenvalue weighted by Crippen LogP contribution is -2.34. The van der Waals surface area contributed by atoms with Gasteiger partial charge in [0, 0.05) is 12.6 Å². The summed E-state index contributed by atoms with van der Waals surface area (Å²) >= 11 is 11.9. The fraction of sp³-hybridized carbons (Fsp3) is 0.400. The Kier molecular flexibility index (Phi) is 7.21. The minimum absolute atomic E-state index is 0.0473. The SMILES string of the molecule is CN(Cc1c(C(=O)NN=Cc2ccc(Cl)c(Cl)c2)nnn1-c1nonc1N)C1CCCCC1. The second kappa shape index (κ2) is 10.3. The Bertz CT molecular complexity index is 1150. The normalized spacial score (nSPS) is 14.9. The van der Waals surface area contributed by atoms with Crippen LogP contribution in [0.2, 0.25) is 10.0 Å². The van der Waals surface area contributed by atoms with Crippen molar-refractivity contribution in [1.29, 1.82) is 0 Å². The summed E-state index contributed by atoms with van der Waals surface area (Å²) in [4.78, 5) is 15.1. The Morgan fingerprint density at radius 2 is 2.09 bits per heavy atom. The van der Waals surface area contributed by atoms with Crippen molar-refractivity contribution in [2.75, 3.05) is 12.8 Å². The summed E-state index contributed by atoms with van der Waals surface area (Å²) in [5.74, 6) is -0.307. The maximum atomic E-state index is 12.9. The lowest BCUT2D eigenvalue weighted by atomic mass is 9.94. The topological polar surface area (TPSA) is 140 Å². The molecule has 0 unspecified atom stereocenters. The molecule has 2 aromatic heterocycles. The van der Waals surface area contributed by atoms with Crippen LogP contribution in [0.5, 0.6) is 0 Å². The second-order valence-electron chi connectivity index (χ2n) is 7.85. The molecule has 13 heteroatoms. The molecule has 0 aliphatic heterocycles. The van der Waals surface area contributed by atoms with E-state index in [0.29, 0.717) is 33.9 Å². The molecule has 0 bridgehead atoms. The Hall–Kier alpha value is -3.02. The molecule has 174 valence electrons. The molecule has 3 N–H and O–H groups in total. The van der Waals surface area contributed by atoms with E-state index in [2.05, 4.69) is 36.1 Å². The monoisotopic (exact) mass is 491 g/mol. The van der Waals surface area contributed by atoms with Gasteiger partial charge in [-0.1, -0.05) is 53.7 Å². The summed E-state index contributed by atoms with van der Waals surface area (Å²) in [5, 5.41) is 20.4. The number of anilines is 1. The van der Waals surface area contributed by atoms with Gasteiger partial charge in [0.2, 0.25) is 11.6 Å². The predicted octanol–water partition coefficient (Wildman–Crippen LogP) is 3.07. The molecule has 0 saturated heterocycles. The van der Waals surface area contributed by atoms with Gasteiger partial charge < -0.3 is 5.73 Å². The first-order valence-electron chi connectivity index (χ1n) is 10.5. The minimum Gasteiger partial charge on any atom is -0.378 e. The molecule has 1 amide bonds. The van der Waals surface area contributed by atoms with Crippen LogP contribution in [0.4, 0.5) is 5.82 Å². The van der Waals surface area contributed by atoms with Crippen molar-refractivity contribution in [3.63, 3.8) is 0 Å². The summed E-state index contributed by atoms with van der Waals surface area (Å²) in [7, 11) is 2.02. The summed E-state index contributed by atoms with van der Waals surface area (Å²) in [6.45, 7) is 0.406. The number of hydrogen-bond acceptors (Lipinski definition) is 9. The zero-order valence-electron chi connectivity index (χ0n) is 17.9. The van der Waals surface area contributed by atoms with Gasteiger partial charge >= 0.3 is 0 Å². The van der Waals surface area contributed by atoms with Gasteiger partial charge in [-0.05, 0) is 47.9 Å². The van der Waals surface area contributed by atoms with E-state index in [1.165, 1.54) is 30.2 Å². The number of hydrazone groups is 1. The molecule has 11 nitrogen and oxygen atoms in total. The number of benzene rings is 1. The number of halogens is 2. The van der Waals surface area contributed by atoms with Crippen LogP contribution < -0.4 is 11.2 Å². The molecular formula is C20H23Cl2N9O2. The van der Waals surface area contributed by atoms with E-state index in [1.807, 2.05) is 7.05 Å². The van der Waals surface area contributed by atoms with Crippen LogP contribution in [0.25, 0.3) is 5.82 Å². The van der Waals surface area contributed by atoms with E-state index in [1.54, 1.807) is 18.2 Å². The zero-order valence-corrected chi connectivity index (χ0v) is 19.4. The fourth-order valence-corrected chi connectivity index (χ4v) is 4.13. The number of amides is 1. The first-order chi connectivity index (χ1) is 15.9. The van der Waals surface area contributed by atoms with Crippen molar-refractivity contribution in [2.24, 2.45) is 5.10 Å². The Morgan fingerprint density at radius 1 is 1.30 bits per heavy atom. The smallest absolute Gasteiger partial charge is 0.293 e. The van der Waals surface area contributed by atoms with Gasteiger partial charge in [0.15, 0.2) is 5.69 Å². The number of hydrogen-bond donors (Lipinski definition) is 2. The van der Waals surface area contributed by atoms with E-state index in [9.17, 15) is 4.79 Å². The fourth-order valence-electron chi connectivity index (χ4n) is 3.83. The lowest BCUT2D eigenvalue weighted by Gasteiger charge is -2.31. The molecule has 1 saturated carbocycles. The maximum Gasteiger partial charge on any atom is 0.293 e. The molecule has 1 aromatic carbocycles. The van der Waals surface area contributed by atoms with Crippen molar-refractivity contribution in [3.05, 3.63) is 45.2 Å². The first-order valence-corrected chi connectivity index (χ1v) is 11.2. The summed E-state index contributed by atoms with van der Waals surface area (Å²) in [6, 6.07) is 5.42. The van der Waals surface area contributed by atoms with E-state index in [0.717, 1.165) is 12.8 Å². The number of nitrogens with zero attached hydrogens (tertiary/aromatic N) is 7. The van der Waals surface area contributed by atoms with Crippen LogP contribution >= 0.6 is 23.2 Å². The van der Waals surface area contributed by atoms with Gasteiger partial charge in [-0.2, -0.15) is 9.78 Å². The molecule has 0 atom stereocenters. The highest BCUT2D eigenvalue weighted by atomic mass is 35.5. The molecule has 0 spiro atoms. The highest BCUT2D eigenvalue weighted by Crippen LogP contribution is 2.25. The molecular weight excluding hydrogens is 469 g/mol. The third-order valence-electron chi connectivity index (χ3n) is 5.60. The standard InChI is InChI=1S/C20H23Cl2N9O2/c1-30(13-5-3-2-4-6-13)11-16-17(25-29-31(16)19-18(23)27-33-28-19)20(32)26-24-10-12-7-8-14(21)15(22)9-12/h7-10,13H,2-6,11H2,1H3,(H2,23,27)(H,26,32). The average molecular weight is 492 g/mol. The number of nitrogens with two attached hydrogens (primary N) is 1. The van der Waals surface area contributed by atoms with Gasteiger partial charge in [-0.3, -0.25) is 9.69 Å².